The monoisotopic (exact) mass is 427 g/mol. The Hall–Kier alpha value is -3.32. The first-order valence-corrected chi connectivity index (χ1v) is 9.86. The van der Waals surface area contributed by atoms with Gasteiger partial charge in [0.25, 0.3) is 11.5 Å². The lowest BCUT2D eigenvalue weighted by Crippen LogP contribution is -2.30. The molecule has 2 aromatic carbocycles. The molecule has 1 aromatic heterocycles. The molecular weight excluding hydrogens is 406 g/mol. The van der Waals surface area contributed by atoms with Gasteiger partial charge in [0.1, 0.15) is 11.4 Å². The molecule has 0 radical (unpaired) electrons. The SMILES string of the molecule is CCc1cc(Cl)cc(Cc2ccccc2)c1OCC(=O)Nc1c(C)[nH]c(=O)[nH]c1=O. The number of benzene rings is 2. The van der Waals surface area contributed by atoms with Gasteiger partial charge in [-0.2, -0.15) is 0 Å². The van der Waals surface area contributed by atoms with E-state index in [2.05, 4.69) is 15.3 Å². The predicted molar refractivity (Wildman–Crippen MR) is 117 cm³/mol. The highest BCUT2D eigenvalue weighted by Gasteiger charge is 2.15. The molecule has 0 aliphatic rings. The van der Waals surface area contributed by atoms with Crippen LogP contribution < -0.4 is 21.3 Å². The van der Waals surface area contributed by atoms with Gasteiger partial charge in [-0.15, -0.1) is 0 Å². The summed E-state index contributed by atoms with van der Waals surface area (Å²) in [4.78, 5) is 40.1. The van der Waals surface area contributed by atoms with Crippen LogP contribution in [0.25, 0.3) is 0 Å². The third kappa shape index (κ3) is 5.18. The average Bonchev–Trinajstić information content (AvgIpc) is 2.70. The summed E-state index contributed by atoms with van der Waals surface area (Å²) < 4.78 is 5.87. The highest BCUT2D eigenvalue weighted by atomic mass is 35.5. The zero-order valence-electron chi connectivity index (χ0n) is 16.7. The van der Waals surface area contributed by atoms with E-state index in [0.29, 0.717) is 23.6 Å². The number of hydrogen-bond donors (Lipinski definition) is 3. The van der Waals surface area contributed by atoms with Crippen molar-refractivity contribution in [1.82, 2.24) is 9.97 Å². The van der Waals surface area contributed by atoms with Crippen molar-refractivity contribution in [2.45, 2.75) is 26.7 Å². The first kappa shape index (κ1) is 21.4. The lowest BCUT2D eigenvalue weighted by atomic mass is 10.00. The molecule has 0 unspecified atom stereocenters. The molecule has 0 bridgehead atoms. The van der Waals surface area contributed by atoms with Crippen LogP contribution in [0.1, 0.15) is 29.3 Å². The number of aryl methyl sites for hydroxylation is 2. The molecule has 0 atom stereocenters. The van der Waals surface area contributed by atoms with E-state index in [1.54, 1.807) is 0 Å². The minimum atomic E-state index is -0.671. The maximum Gasteiger partial charge on any atom is 0.326 e. The molecule has 3 aromatic rings. The van der Waals surface area contributed by atoms with E-state index in [1.165, 1.54) is 6.92 Å². The summed E-state index contributed by atoms with van der Waals surface area (Å²) in [7, 11) is 0. The summed E-state index contributed by atoms with van der Waals surface area (Å²) in [5.74, 6) is 0.0892. The number of carbonyl (C=O) groups is 1. The Labute approximate surface area is 178 Å². The van der Waals surface area contributed by atoms with Crippen LogP contribution in [0.15, 0.2) is 52.1 Å². The third-order valence-electron chi connectivity index (χ3n) is 4.57. The van der Waals surface area contributed by atoms with Gasteiger partial charge in [-0.05, 0) is 36.6 Å². The molecule has 0 saturated heterocycles. The fourth-order valence-corrected chi connectivity index (χ4v) is 3.43. The predicted octanol–water partition coefficient (Wildman–Crippen LogP) is 3.20. The van der Waals surface area contributed by atoms with Gasteiger partial charge in [0, 0.05) is 22.7 Å². The first-order chi connectivity index (χ1) is 14.4. The molecule has 3 N–H and O–H groups in total. The number of aromatic nitrogens is 2. The molecule has 1 amide bonds. The Morgan fingerprint density at radius 2 is 1.80 bits per heavy atom. The van der Waals surface area contributed by atoms with Crippen molar-refractivity contribution in [1.29, 1.82) is 0 Å². The van der Waals surface area contributed by atoms with Gasteiger partial charge in [0.15, 0.2) is 6.61 Å². The molecule has 0 aliphatic carbocycles. The summed E-state index contributed by atoms with van der Waals surface area (Å²) in [5.41, 5.74) is 1.80. The van der Waals surface area contributed by atoms with Crippen LogP contribution in [0, 0.1) is 6.92 Å². The molecule has 0 saturated carbocycles. The van der Waals surface area contributed by atoms with Gasteiger partial charge in [-0.3, -0.25) is 14.6 Å². The Morgan fingerprint density at radius 3 is 2.47 bits per heavy atom. The molecular formula is C22H22ClN3O4. The van der Waals surface area contributed by atoms with Crippen molar-refractivity contribution in [2.75, 3.05) is 11.9 Å². The minimum Gasteiger partial charge on any atom is -0.483 e. The lowest BCUT2D eigenvalue weighted by molar-refractivity contribution is -0.118. The number of halogens is 1. The zero-order valence-corrected chi connectivity index (χ0v) is 17.4. The number of H-pyrrole nitrogens is 2. The van der Waals surface area contributed by atoms with Crippen molar-refractivity contribution in [3.8, 4) is 5.75 Å². The van der Waals surface area contributed by atoms with Crippen molar-refractivity contribution >= 4 is 23.2 Å². The number of anilines is 1. The number of nitrogens with one attached hydrogen (secondary N) is 3. The Kier molecular flexibility index (Phi) is 6.74. The molecule has 0 fully saturated rings. The first-order valence-electron chi connectivity index (χ1n) is 9.48. The Bertz CT molecular complexity index is 1170. The molecule has 0 spiro atoms. The molecule has 3 rings (SSSR count). The summed E-state index contributed by atoms with van der Waals surface area (Å²) in [6.45, 7) is 3.21. The topological polar surface area (TPSA) is 104 Å². The summed E-state index contributed by atoms with van der Waals surface area (Å²) >= 11 is 6.28. The van der Waals surface area contributed by atoms with Gasteiger partial charge in [-0.1, -0.05) is 48.9 Å². The summed E-state index contributed by atoms with van der Waals surface area (Å²) in [6.07, 6.45) is 1.28. The molecule has 7 nitrogen and oxygen atoms in total. The van der Waals surface area contributed by atoms with Gasteiger partial charge in [0.05, 0.1) is 0 Å². The van der Waals surface area contributed by atoms with Gasteiger partial charge >= 0.3 is 5.69 Å². The normalized spacial score (nSPS) is 10.6. The molecule has 1 heterocycles. The zero-order chi connectivity index (χ0) is 21.7. The van der Waals surface area contributed by atoms with E-state index in [9.17, 15) is 14.4 Å². The highest BCUT2D eigenvalue weighted by Crippen LogP contribution is 2.31. The highest BCUT2D eigenvalue weighted by molar-refractivity contribution is 6.30. The van der Waals surface area contributed by atoms with Crippen LogP contribution in [0.4, 0.5) is 5.69 Å². The van der Waals surface area contributed by atoms with E-state index in [1.807, 2.05) is 49.4 Å². The third-order valence-corrected chi connectivity index (χ3v) is 4.79. The van der Waals surface area contributed by atoms with E-state index in [4.69, 9.17) is 16.3 Å². The summed E-state index contributed by atoms with van der Waals surface area (Å²) in [5, 5.41) is 3.09. The fraction of sp³-hybridized carbons (Fsp3) is 0.227. The van der Waals surface area contributed by atoms with Crippen LogP contribution >= 0.6 is 11.6 Å². The minimum absolute atomic E-state index is 0.0143. The number of rotatable bonds is 7. The number of aromatic amines is 2. The maximum atomic E-state index is 12.4. The molecule has 8 heteroatoms. The quantitative estimate of drug-likeness (QED) is 0.538. The Morgan fingerprint density at radius 1 is 1.10 bits per heavy atom. The molecule has 0 aliphatic heterocycles. The van der Waals surface area contributed by atoms with Crippen LogP contribution in [-0.2, 0) is 17.6 Å². The van der Waals surface area contributed by atoms with Gasteiger partial charge in [-0.25, -0.2) is 4.79 Å². The van der Waals surface area contributed by atoms with Crippen molar-refractivity contribution < 1.29 is 9.53 Å². The van der Waals surface area contributed by atoms with Gasteiger partial charge in [0.2, 0.25) is 0 Å². The molecule has 30 heavy (non-hydrogen) atoms. The van der Waals surface area contributed by atoms with E-state index in [-0.39, 0.29) is 18.0 Å². The summed E-state index contributed by atoms with van der Waals surface area (Å²) in [6, 6.07) is 13.5. The number of hydrogen-bond acceptors (Lipinski definition) is 4. The number of carbonyl (C=O) groups excluding carboxylic acids is 1. The Balaban J connectivity index is 1.81. The van der Waals surface area contributed by atoms with E-state index < -0.39 is 17.2 Å². The second kappa shape index (κ2) is 9.45. The van der Waals surface area contributed by atoms with Crippen LogP contribution in [-0.4, -0.2) is 22.5 Å². The van der Waals surface area contributed by atoms with Crippen molar-refractivity contribution in [2.24, 2.45) is 0 Å². The van der Waals surface area contributed by atoms with Crippen LogP contribution in [0.3, 0.4) is 0 Å². The smallest absolute Gasteiger partial charge is 0.326 e. The van der Waals surface area contributed by atoms with Gasteiger partial charge < -0.3 is 15.0 Å². The van der Waals surface area contributed by atoms with E-state index >= 15 is 0 Å². The van der Waals surface area contributed by atoms with Crippen molar-refractivity contribution in [3.63, 3.8) is 0 Å². The maximum absolute atomic E-state index is 12.4. The second-order valence-corrected chi connectivity index (χ2v) is 7.25. The van der Waals surface area contributed by atoms with E-state index in [0.717, 1.165) is 16.7 Å². The number of amides is 1. The molecule has 156 valence electrons. The van der Waals surface area contributed by atoms with Crippen molar-refractivity contribution in [3.05, 3.63) is 90.7 Å². The largest absolute Gasteiger partial charge is 0.483 e. The fourth-order valence-electron chi connectivity index (χ4n) is 3.17. The second-order valence-electron chi connectivity index (χ2n) is 6.81. The lowest BCUT2D eigenvalue weighted by Gasteiger charge is -2.16. The average molecular weight is 428 g/mol. The van der Waals surface area contributed by atoms with Crippen LogP contribution in [0.5, 0.6) is 5.75 Å². The number of ether oxygens (including phenoxy) is 1. The van der Waals surface area contributed by atoms with Crippen LogP contribution in [0.2, 0.25) is 5.02 Å². The standard InChI is InChI=1S/C22H22ClN3O4/c1-3-15-10-17(23)11-16(9-14-7-5-4-6-8-14)20(15)30-12-18(27)25-19-13(2)24-22(29)26-21(19)28/h4-8,10-11H,3,9,12H2,1-2H3,(H,25,27)(H2,24,26,28,29).